The summed E-state index contributed by atoms with van der Waals surface area (Å²) in [5.41, 5.74) is 4.10. The van der Waals surface area contributed by atoms with E-state index in [0.29, 0.717) is 0 Å². The smallest absolute Gasteiger partial charge is 0.0725 e. The number of benzene rings is 1. The Morgan fingerprint density at radius 2 is 2.06 bits per heavy atom. The lowest BCUT2D eigenvalue weighted by molar-refractivity contribution is 0.134. The minimum Gasteiger partial charge on any atom is -0.372 e. The molecule has 1 aliphatic heterocycles. The number of nitrogens with zero attached hydrogens (tertiary/aromatic N) is 1. The Bertz CT molecular complexity index is 379. The van der Waals surface area contributed by atoms with Crippen molar-refractivity contribution in [3.05, 3.63) is 34.9 Å². The Hall–Kier alpha value is -0.900. The number of hydrogen-bond acceptors (Lipinski definition) is 3. The lowest BCUT2D eigenvalue weighted by atomic mass is 10.1. The lowest BCUT2D eigenvalue weighted by Crippen LogP contribution is -2.29. The highest BCUT2D eigenvalue weighted by Gasteiger charge is 2.11. The van der Waals surface area contributed by atoms with Gasteiger partial charge in [0.15, 0.2) is 0 Å². The maximum atomic E-state index is 5.44. The van der Waals surface area contributed by atoms with Gasteiger partial charge in [0, 0.05) is 19.6 Å². The van der Waals surface area contributed by atoms with E-state index >= 15 is 0 Å². The summed E-state index contributed by atoms with van der Waals surface area (Å²) in [5.74, 6) is 0. The van der Waals surface area contributed by atoms with Crippen molar-refractivity contribution in [3.8, 4) is 0 Å². The van der Waals surface area contributed by atoms with E-state index in [2.05, 4.69) is 42.4 Å². The molecule has 1 aliphatic rings. The predicted octanol–water partition coefficient (Wildman–Crippen LogP) is 2.15. The molecule has 0 radical (unpaired) electrons. The van der Waals surface area contributed by atoms with Gasteiger partial charge in [-0.3, -0.25) is 0 Å². The van der Waals surface area contributed by atoms with Crippen LogP contribution in [0.2, 0.25) is 0 Å². The fraction of sp³-hybridized carbons (Fsp3) is 0.600. The molecule has 3 nitrogen and oxygen atoms in total. The molecule has 0 bridgehead atoms. The third-order valence-electron chi connectivity index (χ3n) is 3.34. The molecular weight excluding hydrogens is 224 g/mol. The first-order valence-corrected chi connectivity index (χ1v) is 6.87. The largest absolute Gasteiger partial charge is 0.372 e. The van der Waals surface area contributed by atoms with Crippen LogP contribution < -0.4 is 5.32 Å². The van der Waals surface area contributed by atoms with E-state index in [0.717, 1.165) is 39.4 Å². The van der Waals surface area contributed by atoms with Gasteiger partial charge in [-0.25, -0.2) is 0 Å². The molecule has 2 rings (SSSR count). The zero-order valence-electron chi connectivity index (χ0n) is 11.5. The Kier molecular flexibility index (Phi) is 5.17. The van der Waals surface area contributed by atoms with Crippen molar-refractivity contribution in [1.29, 1.82) is 0 Å². The van der Waals surface area contributed by atoms with E-state index < -0.39 is 0 Å². The normalized spacial score (nSPS) is 14.2. The summed E-state index contributed by atoms with van der Waals surface area (Å²) in [6, 6.07) is 6.72. The molecule has 100 valence electrons. The molecular formula is C15H24N2O. The third-order valence-corrected chi connectivity index (χ3v) is 3.34. The summed E-state index contributed by atoms with van der Waals surface area (Å²) in [6.07, 6.45) is 1.20. The van der Waals surface area contributed by atoms with E-state index in [4.69, 9.17) is 4.74 Å². The van der Waals surface area contributed by atoms with E-state index in [1.807, 2.05) is 0 Å². The van der Waals surface area contributed by atoms with Crippen LogP contribution in [0.25, 0.3) is 0 Å². The highest BCUT2D eigenvalue weighted by Crippen LogP contribution is 2.21. The van der Waals surface area contributed by atoms with E-state index in [9.17, 15) is 0 Å². The van der Waals surface area contributed by atoms with Crippen LogP contribution in [0.5, 0.6) is 0 Å². The van der Waals surface area contributed by atoms with Crippen molar-refractivity contribution in [2.75, 3.05) is 26.7 Å². The van der Waals surface area contributed by atoms with Gasteiger partial charge in [-0.05, 0) is 36.7 Å². The Labute approximate surface area is 110 Å². The van der Waals surface area contributed by atoms with Gasteiger partial charge in [0.25, 0.3) is 0 Å². The standard InChI is InChI=1S/C15H24N2O/c1-3-6-16-7-8-17(2)10-13-4-5-14-11-18-12-15(14)9-13/h4-5,9,16H,3,6-8,10-12H2,1-2H3. The fourth-order valence-electron chi connectivity index (χ4n) is 2.29. The molecule has 1 aromatic carbocycles. The van der Waals surface area contributed by atoms with Crippen molar-refractivity contribution in [3.63, 3.8) is 0 Å². The first-order valence-electron chi connectivity index (χ1n) is 6.87. The summed E-state index contributed by atoms with van der Waals surface area (Å²) in [4.78, 5) is 2.36. The zero-order valence-corrected chi connectivity index (χ0v) is 11.5. The van der Waals surface area contributed by atoms with Gasteiger partial charge in [0.1, 0.15) is 0 Å². The number of hydrogen-bond donors (Lipinski definition) is 1. The van der Waals surface area contributed by atoms with E-state index in [-0.39, 0.29) is 0 Å². The SMILES string of the molecule is CCCNCCN(C)Cc1ccc2c(c1)COC2. The van der Waals surface area contributed by atoms with Crippen molar-refractivity contribution < 1.29 is 4.74 Å². The second-order valence-electron chi connectivity index (χ2n) is 5.08. The maximum Gasteiger partial charge on any atom is 0.0725 e. The van der Waals surface area contributed by atoms with Gasteiger partial charge in [0.05, 0.1) is 13.2 Å². The van der Waals surface area contributed by atoms with Crippen LogP contribution in [0.1, 0.15) is 30.0 Å². The van der Waals surface area contributed by atoms with E-state index in [1.165, 1.54) is 23.1 Å². The summed E-state index contributed by atoms with van der Waals surface area (Å²) in [7, 11) is 2.18. The molecule has 0 aromatic heterocycles. The summed E-state index contributed by atoms with van der Waals surface area (Å²) >= 11 is 0. The van der Waals surface area contributed by atoms with Gasteiger partial charge >= 0.3 is 0 Å². The summed E-state index contributed by atoms with van der Waals surface area (Å²) in [5, 5.41) is 3.43. The highest BCUT2D eigenvalue weighted by molar-refractivity contribution is 5.33. The molecule has 18 heavy (non-hydrogen) atoms. The molecule has 0 saturated carbocycles. The quantitative estimate of drug-likeness (QED) is 0.748. The van der Waals surface area contributed by atoms with Crippen LogP contribution in [-0.4, -0.2) is 31.6 Å². The maximum absolute atomic E-state index is 5.44. The molecule has 1 N–H and O–H groups in total. The third kappa shape index (κ3) is 3.80. The molecule has 1 aromatic rings. The monoisotopic (exact) mass is 248 g/mol. The molecule has 0 spiro atoms. The molecule has 1 heterocycles. The Morgan fingerprint density at radius 3 is 2.89 bits per heavy atom. The van der Waals surface area contributed by atoms with Crippen molar-refractivity contribution in [2.24, 2.45) is 0 Å². The molecule has 3 heteroatoms. The lowest BCUT2D eigenvalue weighted by Gasteiger charge is -2.17. The molecule has 0 unspecified atom stereocenters. The summed E-state index contributed by atoms with van der Waals surface area (Å²) in [6.45, 7) is 8.05. The molecule has 0 fully saturated rings. The average Bonchev–Trinajstić information content (AvgIpc) is 2.82. The van der Waals surface area contributed by atoms with Crippen LogP contribution in [-0.2, 0) is 24.5 Å². The minimum absolute atomic E-state index is 0.783. The number of nitrogens with one attached hydrogen (secondary N) is 1. The van der Waals surface area contributed by atoms with E-state index in [1.54, 1.807) is 0 Å². The van der Waals surface area contributed by atoms with Gasteiger partial charge in [-0.15, -0.1) is 0 Å². The first-order chi connectivity index (χ1) is 8.79. The molecule has 0 amide bonds. The van der Waals surface area contributed by atoms with Crippen molar-refractivity contribution in [2.45, 2.75) is 33.1 Å². The van der Waals surface area contributed by atoms with Crippen LogP contribution >= 0.6 is 0 Å². The second-order valence-corrected chi connectivity index (χ2v) is 5.08. The Balaban J connectivity index is 1.78. The van der Waals surface area contributed by atoms with Crippen molar-refractivity contribution in [1.82, 2.24) is 10.2 Å². The number of likely N-dealkylation sites (N-methyl/N-ethyl adjacent to an activating group) is 1. The number of rotatable bonds is 7. The second kappa shape index (κ2) is 6.88. The number of fused-ring (bicyclic) bond motifs is 1. The Morgan fingerprint density at radius 1 is 1.22 bits per heavy atom. The topological polar surface area (TPSA) is 24.5 Å². The van der Waals surface area contributed by atoms with Crippen LogP contribution in [0, 0.1) is 0 Å². The molecule has 0 aliphatic carbocycles. The van der Waals surface area contributed by atoms with Gasteiger partial charge in [-0.2, -0.15) is 0 Å². The first kappa shape index (κ1) is 13.5. The average molecular weight is 248 g/mol. The van der Waals surface area contributed by atoms with Crippen LogP contribution in [0.3, 0.4) is 0 Å². The highest BCUT2D eigenvalue weighted by atomic mass is 16.5. The summed E-state index contributed by atoms with van der Waals surface area (Å²) < 4.78 is 5.44. The zero-order chi connectivity index (χ0) is 12.8. The predicted molar refractivity (Wildman–Crippen MR) is 74.4 cm³/mol. The van der Waals surface area contributed by atoms with Crippen LogP contribution in [0.15, 0.2) is 18.2 Å². The van der Waals surface area contributed by atoms with Gasteiger partial charge in [-0.1, -0.05) is 25.1 Å². The van der Waals surface area contributed by atoms with Crippen LogP contribution in [0.4, 0.5) is 0 Å². The molecule has 0 atom stereocenters. The van der Waals surface area contributed by atoms with Gasteiger partial charge in [0.2, 0.25) is 0 Å². The fourth-order valence-corrected chi connectivity index (χ4v) is 2.29. The minimum atomic E-state index is 0.783. The number of ether oxygens (including phenoxy) is 1. The molecule has 0 saturated heterocycles. The van der Waals surface area contributed by atoms with Crippen molar-refractivity contribution >= 4 is 0 Å². The van der Waals surface area contributed by atoms with Gasteiger partial charge < -0.3 is 15.0 Å².